The second-order valence-electron chi connectivity index (χ2n) is 4.07. The number of carbonyl (C=O) groups excluding carboxylic acids is 1. The number of aryl methyl sites for hydroxylation is 1. The first-order valence-electron chi connectivity index (χ1n) is 5.70. The van der Waals surface area contributed by atoms with Crippen LogP contribution >= 0.6 is 0 Å². The Hall–Kier alpha value is -2.20. The van der Waals surface area contributed by atoms with E-state index in [9.17, 15) is 4.79 Å². The minimum Gasteiger partial charge on any atom is -0.324 e. The highest BCUT2D eigenvalue weighted by molar-refractivity contribution is 5.95. The van der Waals surface area contributed by atoms with Crippen molar-refractivity contribution in [2.24, 2.45) is 5.73 Å². The minimum absolute atomic E-state index is 0.226. The van der Waals surface area contributed by atoms with Crippen molar-refractivity contribution in [3.05, 3.63) is 59.9 Å². The van der Waals surface area contributed by atoms with Gasteiger partial charge in [0.15, 0.2) is 0 Å². The predicted octanol–water partition coefficient (Wildman–Crippen LogP) is 2.03. The van der Waals surface area contributed by atoms with Crippen molar-refractivity contribution < 1.29 is 4.79 Å². The molecule has 0 spiro atoms. The van der Waals surface area contributed by atoms with Crippen molar-refractivity contribution in [2.45, 2.75) is 13.0 Å². The smallest absolute Gasteiger partial charge is 0.245 e. The van der Waals surface area contributed by atoms with Gasteiger partial charge in [0.05, 0.1) is 0 Å². The van der Waals surface area contributed by atoms with E-state index in [4.69, 9.17) is 5.73 Å². The van der Waals surface area contributed by atoms with Crippen molar-refractivity contribution in [3.8, 4) is 0 Å². The van der Waals surface area contributed by atoms with E-state index in [0.717, 1.165) is 16.8 Å². The molecule has 0 aliphatic heterocycles. The van der Waals surface area contributed by atoms with Crippen molar-refractivity contribution in [3.63, 3.8) is 0 Å². The fourth-order valence-corrected chi connectivity index (χ4v) is 1.64. The van der Waals surface area contributed by atoms with Gasteiger partial charge in [0.25, 0.3) is 0 Å². The molecule has 0 unspecified atom stereocenters. The minimum atomic E-state index is -0.668. The number of hydrogen-bond donors (Lipinski definition) is 2. The van der Waals surface area contributed by atoms with Gasteiger partial charge in [0.1, 0.15) is 6.04 Å². The lowest BCUT2D eigenvalue weighted by Gasteiger charge is -2.13. The number of nitrogens with one attached hydrogen (secondary N) is 1. The van der Waals surface area contributed by atoms with Crippen LogP contribution < -0.4 is 11.1 Å². The summed E-state index contributed by atoms with van der Waals surface area (Å²) in [5.41, 5.74) is 8.35. The Labute approximate surface area is 106 Å². The standard InChI is InChI=1S/C14H15N3O/c1-10-9-16-8-7-12(10)17-14(18)13(15)11-5-3-2-4-6-11/h2-9,13H,15H2,1H3,(H,16,17,18)/t13-/m1/s1. The fourth-order valence-electron chi connectivity index (χ4n) is 1.64. The number of carbonyl (C=O) groups is 1. The third-order valence-corrected chi connectivity index (χ3v) is 2.72. The SMILES string of the molecule is Cc1cnccc1NC(=O)[C@H](N)c1ccccc1. The molecule has 1 heterocycles. The topological polar surface area (TPSA) is 68.0 Å². The summed E-state index contributed by atoms with van der Waals surface area (Å²) in [5, 5.41) is 2.80. The molecule has 18 heavy (non-hydrogen) atoms. The Balaban J connectivity index is 2.12. The highest BCUT2D eigenvalue weighted by Crippen LogP contribution is 2.15. The van der Waals surface area contributed by atoms with Gasteiger partial charge in [-0.15, -0.1) is 0 Å². The molecule has 1 aromatic carbocycles. The monoisotopic (exact) mass is 241 g/mol. The first kappa shape index (κ1) is 12.3. The maximum atomic E-state index is 12.0. The summed E-state index contributed by atoms with van der Waals surface area (Å²) in [6.07, 6.45) is 3.33. The molecule has 0 bridgehead atoms. The van der Waals surface area contributed by atoms with Crippen LogP contribution in [0.2, 0.25) is 0 Å². The first-order chi connectivity index (χ1) is 8.68. The van der Waals surface area contributed by atoms with Gasteiger partial charge in [0, 0.05) is 18.1 Å². The van der Waals surface area contributed by atoms with Gasteiger partial charge in [-0.2, -0.15) is 0 Å². The van der Waals surface area contributed by atoms with Crippen LogP contribution in [-0.4, -0.2) is 10.9 Å². The lowest BCUT2D eigenvalue weighted by atomic mass is 10.1. The van der Waals surface area contributed by atoms with Crippen LogP contribution in [0.25, 0.3) is 0 Å². The molecule has 0 aliphatic carbocycles. The van der Waals surface area contributed by atoms with Crippen LogP contribution in [0.15, 0.2) is 48.8 Å². The van der Waals surface area contributed by atoms with Gasteiger partial charge in [-0.1, -0.05) is 30.3 Å². The molecule has 0 radical (unpaired) electrons. The number of nitrogens with zero attached hydrogens (tertiary/aromatic N) is 1. The van der Waals surface area contributed by atoms with Crippen molar-refractivity contribution >= 4 is 11.6 Å². The summed E-state index contributed by atoms with van der Waals surface area (Å²) < 4.78 is 0. The molecule has 1 aromatic heterocycles. The van der Waals surface area contributed by atoms with Crippen molar-refractivity contribution in [1.29, 1.82) is 0 Å². The number of anilines is 1. The molecule has 2 aromatic rings. The lowest BCUT2D eigenvalue weighted by Crippen LogP contribution is -2.27. The molecular weight excluding hydrogens is 226 g/mol. The Morgan fingerprint density at radius 1 is 1.28 bits per heavy atom. The van der Waals surface area contributed by atoms with E-state index in [1.807, 2.05) is 37.3 Å². The van der Waals surface area contributed by atoms with E-state index >= 15 is 0 Å². The molecule has 4 nitrogen and oxygen atoms in total. The Morgan fingerprint density at radius 2 is 2.00 bits per heavy atom. The Kier molecular flexibility index (Phi) is 3.69. The van der Waals surface area contributed by atoms with Gasteiger partial charge in [-0.3, -0.25) is 9.78 Å². The molecule has 1 amide bonds. The summed E-state index contributed by atoms with van der Waals surface area (Å²) in [6, 6.07) is 10.4. The van der Waals surface area contributed by atoms with Crippen LogP contribution in [-0.2, 0) is 4.79 Å². The van der Waals surface area contributed by atoms with Gasteiger partial charge < -0.3 is 11.1 Å². The highest BCUT2D eigenvalue weighted by Gasteiger charge is 2.15. The predicted molar refractivity (Wildman–Crippen MR) is 71.0 cm³/mol. The third-order valence-electron chi connectivity index (χ3n) is 2.72. The van der Waals surface area contributed by atoms with E-state index in [1.54, 1.807) is 18.5 Å². The van der Waals surface area contributed by atoms with Gasteiger partial charge >= 0.3 is 0 Å². The van der Waals surface area contributed by atoms with Crippen LogP contribution in [0, 0.1) is 6.92 Å². The molecule has 4 heteroatoms. The van der Waals surface area contributed by atoms with Crippen molar-refractivity contribution in [1.82, 2.24) is 4.98 Å². The fraction of sp³-hybridized carbons (Fsp3) is 0.143. The number of rotatable bonds is 3. The Bertz CT molecular complexity index is 540. The molecule has 0 saturated heterocycles. The molecule has 1 atom stereocenters. The summed E-state index contributed by atoms with van der Waals surface area (Å²) in [7, 11) is 0. The van der Waals surface area contributed by atoms with Gasteiger partial charge in [-0.05, 0) is 24.1 Å². The zero-order valence-electron chi connectivity index (χ0n) is 10.1. The van der Waals surface area contributed by atoms with E-state index in [2.05, 4.69) is 10.3 Å². The number of pyridine rings is 1. The van der Waals surface area contributed by atoms with E-state index < -0.39 is 6.04 Å². The number of amides is 1. The maximum Gasteiger partial charge on any atom is 0.245 e. The largest absolute Gasteiger partial charge is 0.324 e. The van der Waals surface area contributed by atoms with E-state index in [0.29, 0.717) is 0 Å². The average molecular weight is 241 g/mol. The van der Waals surface area contributed by atoms with Gasteiger partial charge in [0.2, 0.25) is 5.91 Å². The summed E-state index contributed by atoms with van der Waals surface area (Å²) in [5.74, 6) is -0.226. The molecule has 2 rings (SSSR count). The lowest BCUT2D eigenvalue weighted by molar-refractivity contribution is -0.117. The summed E-state index contributed by atoms with van der Waals surface area (Å²) >= 11 is 0. The Morgan fingerprint density at radius 3 is 2.67 bits per heavy atom. The van der Waals surface area contributed by atoms with Crippen LogP contribution in [0.5, 0.6) is 0 Å². The molecular formula is C14H15N3O. The van der Waals surface area contributed by atoms with Crippen molar-refractivity contribution in [2.75, 3.05) is 5.32 Å². The maximum absolute atomic E-state index is 12.0. The van der Waals surface area contributed by atoms with E-state index in [1.165, 1.54) is 0 Å². The molecule has 0 saturated carbocycles. The second kappa shape index (κ2) is 5.42. The number of nitrogens with two attached hydrogens (primary N) is 1. The number of benzene rings is 1. The summed E-state index contributed by atoms with van der Waals surface area (Å²) in [4.78, 5) is 16.0. The molecule has 0 fully saturated rings. The zero-order valence-corrected chi connectivity index (χ0v) is 10.1. The molecule has 3 N–H and O–H groups in total. The number of hydrogen-bond acceptors (Lipinski definition) is 3. The summed E-state index contributed by atoms with van der Waals surface area (Å²) in [6.45, 7) is 1.89. The quantitative estimate of drug-likeness (QED) is 0.864. The zero-order chi connectivity index (χ0) is 13.0. The van der Waals surface area contributed by atoms with Crippen LogP contribution in [0.3, 0.4) is 0 Å². The van der Waals surface area contributed by atoms with E-state index in [-0.39, 0.29) is 5.91 Å². The normalized spacial score (nSPS) is 11.9. The van der Waals surface area contributed by atoms with Gasteiger partial charge in [-0.25, -0.2) is 0 Å². The number of aromatic nitrogens is 1. The van der Waals surface area contributed by atoms with Crippen LogP contribution in [0.1, 0.15) is 17.2 Å². The molecule has 0 aliphatic rings. The molecule has 92 valence electrons. The second-order valence-corrected chi connectivity index (χ2v) is 4.07. The third kappa shape index (κ3) is 2.73. The van der Waals surface area contributed by atoms with Crippen LogP contribution in [0.4, 0.5) is 5.69 Å². The average Bonchev–Trinajstić information content (AvgIpc) is 2.41. The highest BCUT2D eigenvalue weighted by atomic mass is 16.2. The first-order valence-corrected chi connectivity index (χ1v) is 5.70.